The van der Waals surface area contributed by atoms with Gasteiger partial charge in [0.1, 0.15) is 17.2 Å². The van der Waals surface area contributed by atoms with Crippen LogP contribution in [0.4, 0.5) is 23.1 Å². The Hall–Kier alpha value is -5.08. The van der Waals surface area contributed by atoms with Crippen LogP contribution in [0.1, 0.15) is 79.4 Å². The number of hydrogen-bond acceptors (Lipinski definition) is 11. The van der Waals surface area contributed by atoms with Gasteiger partial charge in [-0.25, -0.2) is 9.97 Å². The molecule has 5 fully saturated rings. The number of benzene rings is 1. The largest absolute Gasteiger partial charge is 0.372 e. The molecule has 7 heterocycles. The van der Waals surface area contributed by atoms with Crippen LogP contribution in [0, 0.1) is 5.92 Å². The number of anilines is 4. The average molecular weight is 774 g/mol. The molecule has 4 saturated heterocycles. The van der Waals surface area contributed by atoms with Crippen LogP contribution in [0.25, 0.3) is 11.0 Å². The first-order valence-electron chi connectivity index (χ1n) is 21.0. The highest BCUT2D eigenvalue weighted by molar-refractivity contribution is 6.01. The molecule has 5 aliphatic rings. The topological polar surface area (TPSA) is 135 Å². The van der Waals surface area contributed by atoms with Gasteiger partial charge in [-0.15, -0.1) is 0 Å². The van der Waals surface area contributed by atoms with Gasteiger partial charge in [0, 0.05) is 109 Å². The number of aromatic nitrogens is 4. The molecule has 57 heavy (non-hydrogen) atoms. The molecular formula is C43H55N11O3. The van der Waals surface area contributed by atoms with Crippen LogP contribution in [-0.4, -0.2) is 131 Å². The molecule has 1 saturated carbocycles. The molecule has 14 nitrogen and oxygen atoms in total. The van der Waals surface area contributed by atoms with Crippen molar-refractivity contribution in [2.24, 2.45) is 5.92 Å². The smallest absolute Gasteiger partial charge is 0.270 e. The van der Waals surface area contributed by atoms with E-state index in [1.165, 1.54) is 37.9 Å². The van der Waals surface area contributed by atoms with E-state index in [9.17, 15) is 14.4 Å². The zero-order chi connectivity index (χ0) is 39.0. The summed E-state index contributed by atoms with van der Waals surface area (Å²) in [5.74, 6) is 1.32. The third kappa shape index (κ3) is 7.94. The van der Waals surface area contributed by atoms with Crippen LogP contribution in [0.3, 0.4) is 0 Å². The summed E-state index contributed by atoms with van der Waals surface area (Å²) in [4.78, 5) is 62.9. The van der Waals surface area contributed by atoms with E-state index >= 15 is 0 Å². The van der Waals surface area contributed by atoms with E-state index in [0.29, 0.717) is 36.3 Å². The second-order valence-electron chi connectivity index (χ2n) is 17.0. The summed E-state index contributed by atoms with van der Waals surface area (Å²) >= 11 is 0. The van der Waals surface area contributed by atoms with Crippen molar-refractivity contribution >= 4 is 51.9 Å². The number of likely N-dealkylation sites (tertiary alicyclic amines) is 1. The zero-order valence-corrected chi connectivity index (χ0v) is 33.3. The Balaban J connectivity index is 0.715. The number of carbonyl (C=O) groups is 3. The summed E-state index contributed by atoms with van der Waals surface area (Å²) < 4.78 is 2.14. The van der Waals surface area contributed by atoms with E-state index < -0.39 is 0 Å². The van der Waals surface area contributed by atoms with Crippen LogP contribution in [0.15, 0.2) is 54.9 Å². The summed E-state index contributed by atoms with van der Waals surface area (Å²) in [5.41, 5.74) is 4.82. The van der Waals surface area contributed by atoms with Crippen LogP contribution >= 0.6 is 0 Å². The number of nitrogens with one attached hydrogen (secondary N) is 2. The summed E-state index contributed by atoms with van der Waals surface area (Å²) in [6, 6.07) is 15.4. The Morgan fingerprint density at radius 1 is 0.825 bits per heavy atom. The van der Waals surface area contributed by atoms with Gasteiger partial charge in [-0.1, -0.05) is 25.0 Å². The van der Waals surface area contributed by atoms with Gasteiger partial charge in [0.25, 0.3) is 5.91 Å². The average Bonchev–Trinajstić information content (AvgIpc) is 3.88. The Morgan fingerprint density at radius 2 is 1.54 bits per heavy atom. The number of pyridine rings is 1. The molecule has 1 aromatic carbocycles. The summed E-state index contributed by atoms with van der Waals surface area (Å²) in [6.07, 6.45) is 11.6. The molecule has 1 aliphatic carbocycles. The molecule has 0 radical (unpaired) electrons. The molecule has 0 bridgehead atoms. The fourth-order valence-electron chi connectivity index (χ4n) is 9.69. The van der Waals surface area contributed by atoms with Crippen LogP contribution in [-0.2, 0) is 9.59 Å². The highest BCUT2D eigenvalue weighted by atomic mass is 16.2. The molecule has 3 amide bonds. The first-order chi connectivity index (χ1) is 27.8. The van der Waals surface area contributed by atoms with E-state index in [1.807, 2.05) is 18.3 Å². The van der Waals surface area contributed by atoms with Crippen molar-refractivity contribution in [3.63, 3.8) is 0 Å². The van der Waals surface area contributed by atoms with Gasteiger partial charge in [-0.3, -0.25) is 29.5 Å². The summed E-state index contributed by atoms with van der Waals surface area (Å²) in [5, 5.41) is 6.66. The molecule has 0 spiro atoms. The van der Waals surface area contributed by atoms with Crippen molar-refractivity contribution in [1.29, 1.82) is 0 Å². The predicted molar refractivity (Wildman–Crippen MR) is 221 cm³/mol. The molecule has 14 heteroatoms. The Bertz CT molecular complexity index is 2070. The number of nitrogens with zero attached hydrogens (tertiary/aromatic N) is 9. The maximum atomic E-state index is 13.1. The van der Waals surface area contributed by atoms with E-state index in [1.54, 1.807) is 25.2 Å². The van der Waals surface area contributed by atoms with E-state index in [2.05, 4.69) is 70.1 Å². The third-order valence-electron chi connectivity index (χ3n) is 13.0. The van der Waals surface area contributed by atoms with E-state index in [-0.39, 0.29) is 29.7 Å². The number of carbonyl (C=O) groups excluding carboxylic acids is 3. The molecule has 2 N–H and O–H groups in total. The van der Waals surface area contributed by atoms with Gasteiger partial charge in [0.05, 0.1) is 17.8 Å². The first-order valence-corrected chi connectivity index (χ1v) is 21.0. The molecule has 9 rings (SSSR count). The SMILES string of the molecule is CN(C)C(=O)c1cc2cnc(Nc3ccc(N4CCN(C5CN(CC6CCN(c7ccc(C8CCC(=O)NC8=O)cc7)CC6)C5)CC4)cn3)nc2n1C1CCCC1. The highest BCUT2D eigenvalue weighted by Crippen LogP contribution is 2.35. The summed E-state index contributed by atoms with van der Waals surface area (Å²) in [6.45, 7) is 9.74. The minimum atomic E-state index is -0.228. The fraction of sp³-hybridized carbons (Fsp3) is 0.535. The fourth-order valence-corrected chi connectivity index (χ4v) is 9.69. The van der Waals surface area contributed by atoms with E-state index in [4.69, 9.17) is 9.97 Å². The lowest BCUT2D eigenvalue weighted by Gasteiger charge is -2.49. The molecule has 3 aromatic heterocycles. The van der Waals surface area contributed by atoms with Gasteiger partial charge in [0.15, 0.2) is 0 Å². The second-order valence-corrected chi connectivity index (χ2v) is 17.0. The molecule has 1 atom stereocenters. The number of piperazine rings is 1. The van der Waals surface area contributed by atoms with Gasteiger partial charge < -0.3 is 24.6 Å². The minimum absolute atomic E-state index is 0.0126. The summed E-state index contributed by atoms with van der Waals surface area (Å²) in [7, 11) is 3.58. The van der Waals surface area contributed by atoms with Gasteiger partial charge in [0.2, 0.25) is 17.8 Å². The van der Waals surface area contributed by atoms with Gasteiger partial charge in [-0.2, -0.15) is 4.98 Å². The number of fused-ring (bicyclic) bond motifs is 1. The molecule has 4 aromatic rings. The number of piperidine rings is 2. The lowest BCUT2D eigenvalue weighted by atomic mass is 9.90. The van der Waals surface area contributed by atoms with E-state index in [0.717, 1.165) is 93.4 Å². The monoisotopic (exact) mass is 773 g/mol. The lowest BCUT2D eigenvalue weighted by molar-refractivity contribution is -0.134. The number of hydrogen-bond donors (Lipinski definition) is 2. The third-order valence-corrected chi connectivity index (χ3v) is 13.0. The normalized spacial score (nSPS) is 21.9. The maximum Gasteiger partial charge on any atom is 0.270 e. The van der Waals surface area contributed by atoms with Crippen molar-refractivity contribution < 1.29 is 14.4 Å². The second kappa shape index (κ2) is 16.0. The quantitative estimate of drug-likeness (QED) is 0.219. The molecular weight excluding hydrogens is 719 g/mol. The van der Waals surface area contributed by atoms with Crippen molar-refractivity contribution in [3.8, 4) is 0 Å². The standard InChI is InChI=1S/C43H55N11O3/c1-49(2)42(57)37-23-31-24-45-43(48-40(31)54(37)33-5-3-4-6-33)46-38-13-11-34(25-44-38)52-19-21-53(22-20-52)35-27-50(28-35)26-29-15-17-51(18-16-29)32-9-7-30(8-10-32)36-12-14-39(55)47-41(36)56/h7-11,13,23-25,29,33,35-36H,3-6,12,14-22,26-28H2,1-2H3,(H,47,55,56)(H,44,45,46,48). The van der Waals surface area contributed by atoms with Crippen LogP contribution < -0.4 is 20.4 Å². The Kier molecular flexibility index (Phi) is 10.6. The lowest BCUT2D eigenvalue weighted by Crippen LogP contribution is -2.63. The number of amides is 3. The minimum Gasteiger partial charge on any atom is -0.372 e. The Labute approximate surface area is 334 Å². The zero-order valence-electron chi connectivity index (χ0n) is 33.3. The number of rotatable bonds is 10. The molecule has 300 valence electrons. The van der Waals surface area contributed by atoms with Crippen molar-refractivity contribution in [1.82, 2.24) is 39.5 Å². The highest BCUT2D eigenvalue weighted by Gasteiger charge is 2.35. The number of imide groups is 1. The van der Waals surface area contributed by atoms with Crippen molar-refractivity contribution in [2.45, 2.75) is 69.4 Å². The van der Waals surface area contributed by atoms with Crippen LogP contribution in [0.5, 0.6) is 0 Å². The van der Waals surface area contributed by atoms with Gasteiger partial charge >= 0.3 is 0 Å². The molecule has 4 aliphatic heterocycles. The predicted octanol–water partition coefficient (Wildman–Crippen LogP) is 4.63. The van der Waals surface area contributed by atoms with Crippen LogP contribution in [0.2, 0.25) is 0 Å². The van der Waals surface area contributed by atoms with Crippen molar-refractivity contribution in [2.75, 3.05) is 88.1 Å². The molecule has 1 unspecified atom stereocenters. The first kappa shape index (κ1) is 37.5. The maximum absolute atomic E-state index is 13.1. The van der Waals surface area contributed by atoms with Gasteiger partial charge in [-0.05, 0) is 73.9 Å². The van der Waals surface area contributed by atoms with Crippen molar-refractivity contribution in [3.05, 3.63) is 66.1 Å². The Morgan fingerprint density at radius 3 is 2.23 bits per heavy atom.